The van der Waals surface area contributed by atoms with Crippen LogP contribution in [0.2, 0.25) is 0 Å². The van der Waals surface area contributed by atoms with Gasteiger partial charge in [-0.3, -0.25) is 13.9 Å². The van der Waals surface area contributed by atoms with Gasteiger partial charge in [0, 0.05) is 37.3 Å². The SMILES string of the molecule is Cn1c(=O)n(CC(C)(C)C)c2ccc(C3CC4CCC(C3O)N4C(=O)c3ccon3)nc21. The maximum absolute atomic E-state index is 12.9. The molecular formula is C23H29N5O4. The van der Waals surface area contributed by atoms with Gasteiger partial charge in [-0.2, -0.15) is 0 Å². The number of imidazole rings is 1. The van der Waals surface area contributed by atoms with Gasteiger partial charge in [0.05, 0.1) is 17.7 Å². The van der Waals surface area contributed by atoms with Crippen LogP contribution in [0.3, 0.4) is 0 Å². The first-order valence-electron chi connectivity index (χ1n) is 11.1. The van der Waals surface area contributed by atoms with Gasteiger partial charge in [-0.25, -0.2) is 9.78 Å². The fraction of sp³-hybridized carbons (Fsp3) is 0.565. The Kier molecular flexibility index (Phi) is 4.77. The highest BCUT2D eigenvalue weighted by molar-refractivity contribution is 5.93. The second-order valence-electron chi connectivity index (χ2n) is 10.3. The van der Waals surface area contributed by atoms with Crippen LogP contribution >= 0.6 is 0 Å². The number of rotatable bonds is 3. The predicted octanol–water partition coefficient (Wildman–Crippen LogP) is 2.29. The van der Waals surface area contributed by atoms with Gasteiger partial charge in [0.25, 0.3) is 5.91 Å². The van der Waals surface area contributed by atoms with Gasteiger partial charge >= 0.3 is 5.69 Å². The van der Waals surface area contributed by atoms with Crippen molar-refractivity contribution in [2.75, 3.05) is 0 Å². The van der Waals surface area contributed by atoms with Crippen LogP contribution in [0.5, 0.6) is 0 Å². The lowest BCUT2D eigenvalue weighted by Crippen LogP contribution is -2.53. The van der Waals surface area contributed by atoms with Crippen LogP contribution in [-0.4, -0.2) is 53.4 Å². The standard InChI is InChI=1S/C23H29N5O4/c1-23(2,3)12-27-18-8-6-15(24-20(18)26(4)22(27)31)14-11-13-5-7-17(19(14)29)28(13)21(30)16-9-10-32-25-16/h6,8-10,13-14,17,19,29H,5,7,11-12H2,1-4H3. The molecule has 170 valence electrons. The number of aromatic nitrogens is 4. The minimum atomic E-state index is -0.733. The number of fused-ring (bicyclic) bond motifs is 3. The monoisotopic (exact) mass is 439 g/mol. The summed E-state index contributed by atoms with van der Waals surface area (Å²) in [4.78, 5) is 32.4. The number of aliphatic hydroxyl groups excluding tert-OH is 1. The normalized spacial score (nSPS) is 25.6. The van der Waals surface area contributed by atoms with E-state index in [4.69, 9.17) is 9.51 Å². The van der Waals surface area contributed by atoms with Crippen molar-refractivity contribution >= 4 is 17.1 Å². The van der Waals surface area contributed by atoms with Gasteiger partial charge in [0.15, 0.2) is 11.3 Å². The van der Waals surface area contributed by atoms with E-state index in [1.54, 1.807) is 27.1 Å². The molecule has 5 rings (SSSR count). The van der Waals surface area contributed by atoms with Gasteiger partial charge in [-0.1, -0.05) is 25.9 Å². The Bertz CT molecular complexity index is 1220. The van der Waals surface area contributed by atoms with Gasteiger partial charge in [-0.05, 0) is 36.8 Å². The minimum absolute atomic E-state index is 0.0180. The molecular weight excluding hydrogens is 410 g/mol. The van der Waals surface area contributed by atoms with Gasteiger partial charge in [-0.15, -0.1) is 0 Å². The van der Waals surface area contributed by atoms with Gasteiger partial charge < -0.3 is 14.5 Å². The Morgan fingerprint density at radius 1 is 1.25 bits per heavy atom. The molecule has 2 bridgehead atoms. The minimum Gasteiger partial charge on any atom is -0.390 e. The number of aryl methyl sites for hydroxylation is 1. The molecule has 0 spiro atoms. The van der Waals surface area contributed by atoms with Crippen LogP contribution in [0.25, 0.3) is 11.2 Å². The van der Waals surface area contributed by atoms with Crippen LogP contribution in [0.15, 0.2) is 33.8 Å². The molecule has 4 atom stereocenters. The number of hydrogen-bond acceptors (Lipinski definition) is 6. The summed E-state index contributed by atoms with van der Waals surface area (Å²) in [5, 5.41) is 15.0. The zero-order chi connectivity index (χ0) is 22.8. The molecule has 0 radical (unpaired) electrons. The maximum Gasteiger partial charge on any atom is 0.330 e. The highest BCUT2D eigenvalue weighted by atomic mass is 16.5. The summed E-state index contributed by atoms with van der Waals surface area (Å²) in [7, 11) is 1.74. The first-order chi connectivity index (χ1) is 15.2. The number of nitrogens with zero attached hydrogens (tertiary/aromatic N) is 5. The fourth-order valence-corrected chi connectivity index (χ4v) is 5.37. The van der Waals surface area contributed by atoms with E-state index in [9.17, 15) is 14.7 Å². The zero-order valence-corrected chi connectivity index (χ0v) is 18.9. The first-order valence-corrected chi connectivity index (χ1v) is 11.1. The lowest BCUT2D eigenvalue weighted by Gasteiger charge is -2.42. The first kappa shape index (κ1) is 20.9. The van der Waals surface area contributed by atoms with E-state index in [1.807, 2.05) is 12.1 Å². The Morgan fingerprint density at radius 2 is 2.03 bits per heavy atom. The number of hydrogen-bond donors (Lipinski definition) is 1. The van der Waals surface area contributed by atoms with E-state index in [-0.39, 0.29) is 40.7 Å². The Hall–Kier alpha value is -2.94. The number of aliphatic hydroxyl groups is 1. The van der Waals surface area contributed by atoms with E-state index in [0.29, 0.717) is 18.6 Å². The molecule has 0 aromatic carbocycles. The molecule has 0 saturated carbocycles. The molecule has 32 heavy (non-hydrogen) atoms. The molecule has 9 nitrogen and oxygen atoms in total. The topological polar surface area (TPSA) is 106 Å². The van der Waals surface area contributed by atoms with Crippen molar-refractivity contribution in [1.82, 2.24) is 24.2 Å². The highest BCUT2D eigenvalue weighted by Crippen LogP contribution is 2.43. The van der Waals surface area contributed by atoms with Gasteiger partial charge in [0.1, 0.15) is 6.26 Å². The van der Waals surface area contributed by atoms with Gasteiger partial charge in [0.2, 0.25) is 0 Å². The van der Waals surface area contributed by atoms with Crippen molar-refractivity contribution in [3.8, 4) is 0 Å². The van der Waals surface area contributed by atoms with E-state index >= 15 is 0 Å². The second-order valence-corrected chi connectivity index (χ2v) is 10.3. The molecule has 5 heterocycles. The zero-order valence-electron chi connectivity index (χ0n) is 18.9. The molecule has 1 amide bonds. The fourth-order valence-electron chi connectivity index (χ4n) is 5.37. The molecule has 3 aromatic rings. The predicted molar refractivity (Wildman–Crippen MR) is 117 cm³/mol. The lowest BCUT2D eigenvalue weighted by atomic mass is 9.85. The van der Waals surface area contributed by atoms with E-state index in [0.717, 1.165) is 24.1 Å². The van der Waals surface area contributed by atoms with Crippen LogP contribution < -0.4 is 5.69 Å². The van der Waals surface area contributed by atoms with E-state index in [1.165, 1.54) is 6.26 Å². The summed E-state index contributed by atoms with van der Waals surface area (Å²) < 4.78 is 8.18. The van der Waals surface area contributed by atoms with E-state index in [2.05, 4.69) is 25.9 Å². The van der Waals surface area contributed by atoms with Crippen molar-refractivity contribution in [1.29, 1.82) is 0 Å². The van der Waals surface area contributed by atoms with Crippen LogP contribution in [0.1, 0.15) is 62.1 Å². The van der Waals surface area contributed by atoms with E-state index < -0.39 is 6.10 Å². The quantitative estimate of drug-likeness (QED) is 0.671. The second kappa shape index (κ2) is 7.30. The number of pyridine rings is 1. The summed E-state index contributed by atoms with van der Waals surface area (Å²) in [5.74, 6) is -0.395. The maximum atomic E-state index is 12.9. The smallest absolute Gasteiger partial charge is 0.330 e. The molecule has 9 heteroatoms. The van der Waals surface area contributed by atoms with Crippen molar-refractivity contribution in [3.05, 3.63) is 46.3 Å². The summed E-state index contributed by atoms with van der Waals surface area (Å²) in [6.07, 6.45) is 2.85. The van der Waals surface area contributed by atoms with Crippen LogP contribution in [-0.2, 0) is 13.6 Å². The van der Waals surface area contributed by atoms with Crippen molar-refractivity contribution < 1.29 is 14.4 Å². The molecule has 3 aromatic heterocycles. The van der Waals surface area contributed by atoms with Crippen molar-refractivity contribution in [2.45, 2.75) is 70.7 Å². The van der Waals surface area contributed by atoms with Crippen LogP contribution in [0, 0.1) is 5.41 Å². The third-order valence-corrected chi connectivity index (χ3v) is 6.79. The Labute approximate surface area is 185 Å². The van der Waals surface area contributed by atoms with Crippen molar-refractivity contribution in [2.24, 2.45) is 12.5 Å². The number of amides is 1. The molecule has 2 fully saturated rings. The van der Waals surface area contributed by atoms with Crippen molar-refractivity contribution in [3.63, 3.8) is 0 Å². The third-order valence-electron chi connectivity index (χ3n) is 6.79. The molecule has 1 N–H and O–H groups in total. The summed E-state index contributed by atoms with van der Waals surface area (Å²) in [6, 6.07) is 5.15. The average molecular weight is 440 g/mol. The molecule has 2 aliphatic heterocycles. The number of carbonyl (C=O) groups is 1. The Morgan fingerprint density at radius 3 is 2.72 bits per heavy atom. The summed E-state index contributed by atoms with van der Waals surface area (Å²) in [5.41, 5.74) is 2.31. The summed E-state index contributed by atoms with van der Waals surface area (Å²) >= 11 is 0. The largest absolute Gasteiger partial charge is 0.390 e. The lowest BCUT2D eigenvalue weighted by molar-refractivity contribution is 0.000508. The molecule has 0 aliphatic carbocycles. The number of carbonyl (C=O) groups excluding carboxylic acids is 1. The highest BCUT2D eigenvalue weighted by Gasteiger charge is 2.50. The third kappa shape index (κ3) is 3.26. The summed E-state index contributed by atoms with van der Waals surface area (Å²) in [6.45, 7) is 6.89. The van der Waals surface area contributed by atoms with Crippen LogP contribution in [0.4, 0.5) is 0 Å². The molecule has 2 aliphatic rings. The molecule has 2 saturated heterocycles. The molecule has 4 unspecified atom stereocenters. The number of piperidine rings is 1. The Balaban J connectivity index is 1.47. The average Bonchev–Trinajstić information content (AvgIpc) is 3.44.